The Morgan fingerprint density at radius 3 is 2.63 bits per heavy atom. The lowest BCUT2D eigenvalue weighted by molar-refractivity contribution is 0.0815. The van der Waals surface area contributed by atoms with Gasteiger partial charge in [-0.25, -0.2) is 4.79 Å². The van der Waals surface area contributed by atoms with Crippen molar-refractivity contribution in [1.82, 2.24) is 9.80 Å². The molecule has 1 rings (SSSR count). The van der Waals surface area contributed by atoms with E-state index in [0.717, 1.165) is 38.9 Å². The summed E-state index contributed by atoms with van der Waals surface area (Å²) in [5.74, 6) is 0.618. The third-order valence-electron chi connectivity index (χ3n) is 4.46. The summed E-state index contributed by atoms with van der Waals surface area (Å²) in [6, 6.07) is 0.184. The predicted molar refractivity (Wildman–Crippen MR) is 80.1 cm³/mol. The van der Waals surface area contributed by atoms with Crippen molar-refractivity contribution >= 4 is 6.03 Å². The number of hydrogen-bond donors (Lipinski definition) is 1. The standard InChI is InChI=1S/C15H31N3O/c1-5-9-18(15(4,6-2)12-16)14(19)17-10-7-8-13(3)11-17/h13H,5-12,16H2,1-4H3. The number of nitrogens with two attached hydrogens (primary N) is 1. The van der Waals surface area contributed by atoms with E-state index in [-0.39, 0.29) is 11.6 Å². The Kier molecular flexibility index (Phi) is 6.11. The fraction of sp³-hybridized carbons (Fsp3) is 0.933. The summed E-state index contributed by atoms with van der Waals surface area (Å²) in [5, 5.41) is 0. The minimum atomic E-state index is -0.215. The fourth-order valence-electron chi connectivity index (χ4n) is 2.80. The SMILES string of the molecule is CCCN(C(=O)N1CCCC(C)C1)C(C)(CC)CN. The molecule has 0 aliphatic carbocycles. The molecule has 0 aromatic heterocycles. The number of carbonyl (C=O) groups excluding carboxylic acids is 1. The van der Waals surface area contributed by atoms with Gasteiger partial charge in [0.1, 0.15) is 0 Å². The summed E-state index contributed by atoms with van der Waals surface area (Å²) < 4.78 is 0. The van der Waals surface area contributed by atoms with E-state index in [1.807, 2.05) is 9.80 Å². The Labute approximate surface area is 118 Å². The normalized spacial score (nSPS) is 23.0. The zero-order chi connectivity index (χ0) is 14.5. The summed E-state index contributed by atoms with van der Waals surface area (Å²) in [6.45, 7) is 11.7. The molecule has 2 unspecified atom stereocenters. The van der Waals surface area contributed by atoms with Gasteiger partial charge < -0.3 is 15.5 Å². The average molecular weight is 269 g/mol. The molecule has 19 heavy (non-hydrogen) atoms. The molecule has 1 saturated heterocycles. The number of nitrogens with zero attached hydrogens (tertiary/aromatic N) is 2. The summed E-state index contributed by atoms with van der Waals surface area (Å²) in [7, 11) is 0. The molecule has 1 heterocycles. The summed E-state index contributed by atoms with van der Waals surface area (Å²) in [4.78, 5) is 16.8. The zero-order valence-corrected chi connectivity index (χ0v) is 13.1. The van der Waals surface area contributed by atoms with Crippen molar-refractivity contribution in [3.63, 3.8) is 0 Å². The molecule has 112 valence electrons. The average Bonchev–Trinajstić information content (AvgIpc) is 2.43. The Morgan fingerprint density at radius 1 is 1.47 bits per heavy atom. The van der Waals surface area contributed by atoms with Crippen LogP contribution in [0.4, 0.5) is 4.79 Å². The van der Waals surface area contributed by atoms with E-state index in [2.05, 4.69) is 27.7 Å². The van der Waals surface area contributed by atoms with E-state index < -0.39 is 0 Å². The molecule has 0 aromatic rings. The smallest absolute Gasteiger partial charge is 0.320 e. The second-order valence-corrected chi connectivity index (χ2v) is 6.18. The third kappa shape index (κ3) is 3.85. The van der Waals surface area contributed by atoms with E-state index in [0.29, 0.717) is 12.5 Å². The van der Waals surface area contributed by atoms with Crippen molar-refractivity contribution in [3.05, 3.63) is 0 Å². The summed E-state index contributed by atoms with van der Waals surface area (Å²) in [6.07, 6.45) is 4.24. The summed E-state index contributed by atoms with van der Waals surface area (Å²) in [5.41, 5.74) is 5.72. The minimum absolute atomic E-state index is 0.184. The first-order valence-electron chi connectivity index (χ1n) is 7.75. The van der Waals surface area contributed by atoms with Gasteiger partial charge in [0, 0.05) is 26.2 Å². The van der Waals surface area contributed by atoms with E-state index in [1.165, 1.54) is 6.42 Å². The molecule has 0 bridgehead atoms. The van der Waals surface area contributed by atoms with Gasteiger partial charge in [0.05, 0.1) is 5.54 Å². The number of amides is 2. The first-order valence-corrected chi connectivity index (χ1v) is 7.75. The highest BCUT2D eigenvalue weighted by Crippen LogP contribution is 2.23. The van der Waals surface area contributed by atoms with Gasteiger partial charge in [-0.15, -0.1) is 0 Å². The van der Waals surface area contributed by atoms with Gasteiger partial charge in [-0.1, -0.05) is 20.8 Å². The van der Waals surface area contributed by atoms with Crippen LogP contribution in [0.5, 0.6) is 0 Å². The molecule has 0 spiro atoms. The second kappa shape index (κ2) is 7.13. The van der Waals surface area contributed by atoms with Gasteiger partial charge in [0.2, 0.25) is 0 Å². The lowest BCUT2D eigenvalue weighted by Gasteiger charge is -2.44. The van der Waals surface area contributed by atoms with Crippen LogP contribution in [0.15, 0.2) is 0 Å². The first kappa shape index (κ1) is 16.3. The van der Waals surface area contributed by atoms with Crippen molar-refractivity contribution in [1.29, 1.82) is 0 Å². The van der Waals surface area contributed by atoms with Crippen LogP contribution in [-0.2, 0) is 0 Å². The van der Waals surface area contributed by atoms with E-state index >= 15 is 0 Å². The molecule has 1 fully saturated rings. The van der Waals surface area contributed by atoms with E-state index in [1.54, 1.807) is 0 Å². The van der Waals surface area contributed by atoms with Crippen molar-refractivity contribution in [2.45, 2.75) is 58.9 Å². The van der Waals surface area contributed by atoms with Crippen LogP contribution >= 0.6 is 0 Å². The van der Waals surface area contributed by atoms with Gasteiger partial charge in [-0.3, -0.25) is 0 Å². The van der Waals surface area contributed by atoms with Crippen LogP contribution in [-0.4, -0.2) is 47.5 Å². The quantitative estimate of drug-likeness (QED) is 0.834. The monoisotopic (exact) mass is 269 g/mol. The zero-order valence-electron chi connectivity index (χ0n) is 13.1. The van der Waals surface area contributed by atoms with Crippen molar-refractivity contribution in [3.8, 4) is 0 Å². The Hall–Kier alpha value is -0.770. The number of piperidine rings is 1. The van der Waals surface area contributed by atoms with E-state index in [9.17, 15) is 4.79 Å². The third-order valence-corrected chi connectivity index (χ3v) is 4.46. The molecular formula is C15H31N3O. The maximum Gasteiger partial charge on any atom is 0.320 e. The molecule has 0 saturated carbocycles. The molecular weight excluding hydrogens is 238 g/mol. The number of rotatable bonds is 5. The number of urea groups is 1. The van der Waals surface area contributed by atoms with Crippen LogP contribution in [0.3, 0.4) is 0 Å². The fourth-order valence-corrected chi connectivity index (χ4v) is 2.80. The van der Waals surface area contributed by atoms with Crippen molar-refractivity contribution in [2.24, 2.45) is 11.7 Å². The topological polar surface area (TPSA) is 49.6 Å². The highest BCUT2D eigenvalue weighted by molar-refractivity contribution is 5.75. The molecule has 1 aliphatic heterocycles. The first-order chi connectivity index (χ1) is 8.98. The van der Waals surface area contributed by atoms with E-state index in [4.69, 9.17) is 5.73 Å². The molecule has 2 amide bonds. The molecule has 1 aliphatic rings. The minimum Gasteiger partial charge on any atom is -0.328 e. The predicted octanol–water partition coefficient (Wildman–Crippen LogP) is 2.68. The highest BCUT2D eigenvalue weighted by atomic mass is 16.2. The number of carbonyl (C=O) groups is 1. The lowest BCUT2D eigenvalue weighted by atomic mass is 9.95. The Morgan fingerprint density at radius 2 is 2.16 bits per heavy atom. The Balaban J connectivity index is 2.82. The van der Waals surface area contributed by atoms with Gasteiger partial charge in [-0.2, -0.15) is 0 Å². The molecule has 2 N–H and O–H groups in total. The highest BCUT2D eigenvalue weighted by Gasteiger charge is 2.35. The van der Waals surface area contributed by atoms with Crippen LogP contribution in [0, 0.1) is 5.92 Å². The molecule has 4 heteroatoms. The van der Waals surface area contributed by atoms with Gasteiger partial charge in [0.15, 0.2) is 0 Å². The molecule has 0 aromatic carbocycles. The summed E-state index contributed by atoms with van der Waals surface area (Å²) >= 11 is 0. The van der Waals surface area contributed by atoms with Crippen molar-refractivity contribution in [2.75, 3.05) is 26.2 Å². The number of likely N-dealkylation sites (tertiary alicyclic amines) is 1. The van der Waals surface area contributed by atoms with Crippen LogP contribution in [0.1, 0.15) is 53.4 Å². The molecule has 4 nitrogen and oxygen atoms in total. The van der Waals surface area contributed by atoms with Crippen LogP contribution in [0.25, 0.3) is 0 Å². The van der Waals surface area contributed by atoms with Gasteiger partial charge >= 0.3 is 6.03 Å². The largest absolute Gasteiger partial charge is 0.328 e. The maximum absolute atomic E-state index is 12.8. The van der Waals surface area contributed by atoms with Crippen molar-refractivity contribution < 1.29 is 4.79 Å². The lowest BCUT2D eigenvalue weighted by Crippen LogP contribution is -2.59. The second-order valence-electron chi connectivity index (χ2n) is 6.18. The maximum atomic E-state index is 12.8. The Bertz CT molecular complexity index is 289. The number of hydrogen-bond acceptors (Lipinski definition) is 2. The molecule has 2 atom stereocenters. The van der Waals surface area contributed by atoms with Gasteiger partial charge in [0.25, 0.3) is 0 Å². The molecule has 0 radical (unpaired) electrons. The van der Waals surface area contributed by atoms with Crippen LogP contribution < -0.4 is 5.73 Å². The van der Waals surface area contributed by atoms with Gasteiger partial charge in [-0.05, 0) is 38.5 Å². The van der Waals surface area contributed by atoms with Crippen LogP contribution in [0.2, 0.25) is 0 Å².